The monoisotopic (exact) mass is 370 g/mol. The fraction of sp³-hybridized carbons (Fsp3) is 0. The Morgan fingerprint density at radius 3 is 1.21 bits per heavy atom. The molecule has 4 aromatic rings. The van der Waals surface area contributed by atoms with Gasteiger partial charge in [-0.15, -0.1) is 0 Å². The largest absolute Gasteiger partial charge is 0.264 e. The minimum absolute atomic E-state index is 1.02. The van der Waals surface area contributed by atoms with E-state index in [-0.39, 0.29) is 0 Å². The Kier molecular flexibility index (Phi) is 4.63. The number of benzene rings is 4. The molecule has 0 bridgehead atoms. The second-order valence-electron chi connectivity index (χ2n) is 7.02. The molecule has 0 amide bonds. The molecule has 1 heteroatoms. The van der Waals surface area contributed by atoms with E-state index in [0.29, 0.717) is 0 Å². The Morgan fingerprint density at radius 1 is 0.345 bits per heavy atom. The molecule has 0 unspecified atom stereocenters. The molecular formula is C28H20N. The van der Waals surface area contributed by atoms with Gasteiger partial charge in [0.2, 0.25) is 0 Å². The lowest BCUT2D eigenvalue weighted by atomic mass is 9.86. The minimum atomic E-state index is 1.02. The molecule has 137 valence electrons. The van der Waals surface area contributed by atoms with Crippen molar-refractivity contribution in [2.24, 2.45) is 4.99 Å². The second kappa shape index (κ2) is 7.73. The first-order valence-electron chi connectivity index (χ1n) is 9.84. The van der Waals surface area contributed by atoms with Crippen LogP contribution in [0.25, 0.3) is 11.1 Å². The minimum Gasteiger partial charge on any atom is -0.264 e. The number of hydrogen-bond donors (Lipinski definition) is 0. The Balaban J connectivity index is 1.81. The molecule has 0 atom stereocenters. The molecule has 1 nitrogen and oxygen atoms in total. The third kappa shape index (κ3) is 3.32. The van der Waals surface area contributed by atoms with E-state index in [1.165, 1.54) is 22.3 Å². The first-order valence-corrected chi connectivity index (χ1v) is 9.84. The molecule has 1 aliphatic rings. The van der Waals surface area contributed by atoms with Crippen LogP contribution in [-0.2, 0) is 0 Å². The van der Waals surface area contributed by atoms with Crippen molar-refractivity contribution in [3.05, 3.63) is 150 Å². The van der Waals surface area contributed by atoms with Crippen molar-refractivity contribution in [3.63, 3.8) is 0 Å². The van der Waals surface area contributed by atoms with Gasteiger partial charge < -0.3 is 0 Å². The first-order chi connectivity index (χ1) is 14.4. The third-order valence-electron chi connectivity index (χ3n) is 5.17. The fourth-order valence-electron chi connectivity index (χ4n) is 3.84. The smallest absolute Gasteiger partial charge is 0.146 e. The van der Waals surface area contributed by atoms with Crippen LogP contribution >= 0.6 is 0 Å². The predicted molar refractivity (Wildman–Crippen MR) is 121 cm³/mol. The quantitative estimate of drug-likeness (QED) is 0.380. The Bertz CT molecular complexity index is 1160. The van der Waals surface area contributed by atoms with E-state index in [1.54, 1.807) is 0 Å². The molecule has 0 N–H and O–H groups in total. The van der Waals surface area contributed by atoms with Crippen LogP contribution in [0.4, 0.5) is 0 Å². The Hall–Kier alpha value is -3.71. The maximum Gasteiger partial charge on any atom is 0.146 e. The van der Waals surface area contributed by atoms with Crippen molar-refractivity contribution < 1.29 is 0 Å². The number of hydrogen-bond acceptors (Lipinski definition) is 1. The van der Waals surface area contributed by atoms with Crippen molar-refractivity contribution in [2.45, 2.75) is 0 Å². The summed E-state index contributed by atoms with van der Waals surface area (Å²) in [5, 5.41) is 0. The summed E-state index contributed by atoms with van der Waals surface area (Å²) in [7, 11) is 0. The summed E-state index contributed by atoms with van der Waals surface area (Å²) < 4.78 is 0. The molecule has 1 heterocycles. The van der Waals surface area contributed by atoms with Crippen molar-refractivity contribution >= 4 is 16.9 Å². The summed E-state index contributed by atoms with van der Waals surface area (Å²) in [6.45, 7) is 0. The number of rotatable bonds is 4. The van der Waals surface area contributed by atoms with Crippen LogP contribution in [0.5, 0.6) is 0 Å². The van der Waals surface area contributed by atoms with Crippen molar-refractivity contribution in [3.8, 4) is 0 Å². The van der Waals surface area contributed by atoms with Crippen molar-refractivity contribution in [2.75, 3.05) is 0 Å². The van der Waals surface area contributed by atoms with Gasteiger partial charge in [-0.3, -0.25) is 4.99 Å². The molecule has 4 aromatic carbocycles. The van der Waals surface area contributed by atoms with Gasteiger partial charge in [0.25, 0.3) is 0 Å². The van der Waals surface area contributed by atoms with Crippen LogP contribution in [0.15, 0.2) is 126 Å². The molecule has 0 aliphatic carbocycles. The van der Waals surface area contributed by atoms with Gasteiger partial charge in [-0.2, -0.15) is 0 Å². The molecule has 0 aromatic heterocycles. The molecule has 0 saturated heterocycles. The summed E-state index contributed by atoms with van der Waals surface area (Å²) in [4.78, 5) is 5.20. The molecule has 1 aliphatic heterocycles. The SMILES string of the molecule is c1ccc([C]2N=C(c3ccccc3)C(c3ccccc3)=C2c2ccccc2)cc1. The normalized spacial score (nSPS) is 14.1. The van der Waals surface area contributed by atoms with Crippen LogP contribution in [0.1, 0.15) is 22.3 Å². The van der Waals surface area contributed by atoms with Gasteiger partial charge in [0, 0.05) is 16.7 Å². The molecular weight excluding hydrogens is 350 g/mol. The summed E-state index contributed by atoms with van der Waals surface area (Å²) >= 11 is 0. The van der Waals surface area contributed by atoms with Gasteiger partial charge in [-0.1, -0.05) is 121 Å². The molecule has 0 saturated carbocycles. The molecule has 29 heavy (non-hydrogen) atoms. The Morgan fingerprint density at radius 2 is 0.724 bits per heavy atom. The van der Waals surface area contributed by atoms with Gasteiger partial charge in [0.05, 0.1) is 5.71 Å². The van der Waals surface area contributed by atoms with Gasteiger partial charge >= 0.3 is 0 Å². The third-order valence-corrected chi connectivity index (χ3v) is 5.17. The van der Waals surface area contributed by atoms with Crippen LogP contribution in [0.2, 0.25) is 0 Å². The number of allylic oxidation sites excluding steroid dienone is 1. The highest BCUT2D eigenvalue weighted by molar-refractivity contribution is 6.41. The maximum absolute atomic E-state index is 5.20. The van der Waals surface area contributed by atoms with Gasteiger partial charge in [0.15, 0.2) is 0 Å². The highest BCUT2D eigenvalue weighted by Gasteiger charge is 2.32. The molecule has 0 spiro atoms. The first kappa shape index (κ1) is 17.4. The number of aliphatic imine (C=N–C) groups is 1. The maximum atomic E-state index is 5.20. The van der Waals surface area contributed by atoms with E-state index in [9.17, 15) is 0 Å². The standard InChI is InChI=1S/C28H20N/c1-5-13-21(14-6-1)25-26(22-15-7-2-8-16-22)28(24-19-11-4-12-20-24)29-27(25)23-17-9-3-10-18-23/h1-20H. The lowest BCUT2D eigenvalue weighted by Crippen LogP contribution is -2.02. The molecule has 5 rings (SSSR count). The molecule has 1 radical (unpaired) electrons. The van der Waals surface area contributed by atoms with E-state index in [1.807, 2.05) is 12.1 Å². The predicted octanol–water partition coefficient (Wildman–Crippen LogP) is 6.68. The van der Waals surface area contributed by atoms with Gasteiger partial charge in [-0.25, -0.2) is 0 Å². The van der Waals surface area contributed by atoms with Crippen LogP contribution in [0, 0.1) is 6.04 Å². The van der Waals surface area contributed by atoms with E-state index in [2.05, 4.69) is 109 Å². The fourth-order valence-corrected chi connectivity index (χ4v) is 3.84. The van der Waals surface area contributed by atoms with Gasteiger partial charge in [-0.05, 0) is 16.7 Å². The van der Waals surface area contributed by atoms with Crippen LogP contribution in [-0.4, -0.2) is 5.71 Å². The Labute approximate surface area is 171 Å². The van der Waals surface area contributed by atoms with E-state index < -0.39 is 0 Å². The topological polar surface area (TPSA) is 12.4 Å². The summed E-state index contributed by atoms with van der Waals surface area (Å²) in [6.07, 6.45) is 0. The second-order valence-corrected chi connectivity index (χ2v) is 7.02. The lowest BCUT2D eigenvalue weighted by Gasteiger charge is -2.15. The summed E-state index contributed by atoms with van der Waals surface area (Å²) in [6, 6.07) is 43.1. The van der Waals surface area contributed by atoms with Crippen LogP contribution in [0.3, 0.4) is 0 Å². The zero-order chi connectivity index (χ0) is 19.5. The highest BCUT2D eigenvalue weighted by atomic mass is 14.8. The van der Waals surface area contributed by atoms with E-state index >= 15 is 0 Å². The van der Waals surface area contributed by atoms with E-state index in [0.717, 1.165) is 22.9 Å². The van der Waals surface area contributed by atoms with Crippen molar-refractivity contribution in [1.82, 2.24) is 0 Å². The van der Waals surface area contributed by atoms with Gasteiger partial charge in [0.1, 0.15) is 6.04 Å². The van der Waals surface area contributed by atoms with E-state index in [4.69, 9.17) is 4.99 Å². The zero-order valence-corrected chi connectivity index (χ0v) is 16.0. The molecule has 0 fully saturated rings. The number of nitrogens with zero attached hydrogens (tertiary/aromatic N) is 1. The van der Waals surface area contributed by atoms with Crippen molar-refractivity contribution in [1.29, 1.82) is 0 Å². The average Bonchev–Trinajstić information content (AvgIpc) is 3.22. The van der Waals surface area contributed by atoms with Crippen LogP contribution < -0.4 is 0 Å². The average molecular weight is 370 g/mol. The summed E-state index contributed by atoms with van der Waals surface area (Å²) in [5.41, 5.74) is 8.01. The highest BCUT2D eigenvalue weighted by Crippen LogP contribution is 2.45. The zero-order valence-electron chi connectivity index (χ0n) is 16.0. The lowest BCUT2D eigenvalue weighted by molar-refractivity contribution is 1.22. The summed E-state index contributed by atoms with van der Waals surface area (Å²) in [5.74, 6) is 0.